The number of fused-ring (bicyclic) bond motifs is 2. The maximum atomic E-state index is 13.2. The molecule has 1 aliphatic rings. The molecule has 1 aromatic heterocycles. The SMILES string of the molecule is CC(C)(C)c1csc(NC(=O)C2c3ccccc3Oc3ccccc32)n1. The molecule has 0 spiro atoms. The lowest BCUT2D eigenvalue weighted by Crippen LogP contribution is -2.25. The average Bonchev–Trinajstić information content (AvgIpc) is 3.08. The summed E-state index contributed by atoms with van der Waals surface area (Å²) in [6.45, 7) is 6.33. The molecule has 132 valence electrons. The fourth-order valence-corrected chi connectivity index (χ4v) is 3.99. The third-order valence-corrected chi connectivity index (χ3v) is 5.20. The van der Waals surface area contributed by atoms with E-state index in [9.17, 15) is 4.79 Å². The van der Waals surface area contributed by atoms with Crippen molar-refractivity contribution in [2.75, 3.05) is 5.32 Å². The van der Waals surface area contributed by atoms with Gasteiger partial charge in [0, 0.05) is 21.9 Å². The number of thiazole rings is 1. The van der Waals surface area contributed by atoms with Gasteiger partial charge in [0.25, 0.3) is 0 Å². The maximum Gasteiger partial charge on any atom is 0.238 e. The predicted molar refractivity (Wildman–Crippen MR) is 104 cm³/mol. The summed E-state index contributed by atoms with van der Waals surface area (Å²) >= 11 is 1.46. The van der Waals surface area contributed by atoms with Crippen molar-refractivity contribution >= 4 is 22.4 Å². The number of amides is 1. The third-order valence-electron chi connectivity index (χ3n) is 4.44. The van der Waals surface area contributed by atoms with E-state index in [1.54, 1.807) is 0 Å². The largest absolute Gasteiger partial charge is 0.457 e. The van der Waals surface area contributed by atoms with Gasteiger partial charge in [-0.15, -0.1) is 11.3 Å². The number of hydrogen-bond donors (Lipinski definition) is 1. The van der Waals surface area contributed by atoms with Crippen LogP contribution in [0.3, 0.4) is 0 Å². The summed E-state index contributed by atoms with van der Waals surface area (Å²) < 4.78 is 5.96. The summed E-state index contributed by atoms with van der Waals surface area (Å²) in [6.07, 6.45) is 0. The van der Waals surface area contributed by atoms with Crippen LogP contribution in [0.25, 0.3) is 0 Å². The molecule has 1 aliphatic heterocycles. The second kappa shape index (κ2) is 6.25. The molecule has 1 amide bonds. The van der Waals surface area contributed by atoms with E-state index in [1.165, 1.54) is 11.3 Å². The Morgan fingerprint density at radius 2 is 1.62 bits per heavy atom. The Hall–Kier alpha value is -2.66. The topological polar surface area (TPSA) is 51.2 Å². The zero-order chi connectivity index (χ0) is 18.3. The molecule has 26 heavy (non-hydrogen) atoms. The summed E-state index contributed by atoms with van der Waals surface area (Å²) in [6, 6.07) is 15.4. The van der Waals surface area contributed by atoms with E-state index in [-0.39, 0.29) is 11.3 Å². The smallest absolute Gasteiger partial charge is 0.238 e. The molecule has 2 aromatic carbocycles. The van der Waals surface area contributed by atoms with Gasteiger partial charge < -0.3 is 10.1 Å². The number of carbonyl (C=O) groups excluding carboxylic acids is 1. The highest BCUT2D eigenvalue weighted by Gasteiger charge is 2.33. The van der Waals surface area contributed by atoms with Crippen molar-refractivity contribution < 1.29 is 9.53 Å². The van der Waals surface area contributed by atoms with Crippen molar-refractivity contribution in [2.45, 2.75) is 32.1 Å². The molecule has 0 atom stereocenters. The summed E-state index contributed by atoms with van der Waals surface area (Å²) in [5.74, 6) is 0.933. The van der Waals surface area contributed by atoms with Gasteiger partial charge in [-0.05, 0) is 12.1 Å². The lowest BCUT2D eigenvalue weighted by atomic mass is 9.87. The summed E-state index contributed by atoms with van der Waals surface area (Å²) in [5.41, 5.74) is 2.68. The Kier molecular flexibility index (Phi) is 4.04. The fourth-order valence-electron chi connectivity index (χ4n) is 3.05. The van der Waals surface area contributed by atoms with Gasteiger partial charge in [-0.1, -0.05) is 57.2 Å². The van der Waals surface area contributed by atoms with Crippen LogP contribution in [0, 0.1) is 0 Å². The Labute approximate surface area is 156 Å². The second-order valence-electron chi connectivity index (χ2n) is 7.39. The number of anilines is 1. The van der Waals surface area contributed by atoms with E-state index < -0.39 is 5.92 Å². The quantitative estimate of drug-likeness (QED) is 0.670. The molecule has 5 heteroatoms. The van der Waals surface area contributed by atoms with Gasteiger partial charge in [-0.25, -0.2) is 4.98 Å². The van der Waals surface area contributed by atoms with Crippen LogP contribution in [0.4, 0.5) is 5.13 Å². The number of nitrogens with one attached hydrogen (secondary N) is 1. The minimum Gasteiger partial charge on any atom is -0.457 e. The van der Waals surface area contributed by atoms with E-state index in [1.807, 2.05) is 53.9 Å². The van der Waals surface area contributed by atoms with Crippen LogP contribution < -0.4 is 10.1 Å². The zero-order valence-corrected chi connectivity index (χ0v) is 15.8. The molecule has 0 unspecified atom stereocenters. The predicted octanol–water partition coefficient (Wildman–Crippen LogP) is 5.32. The van der Waals surface area contributed by atoms with Gasteiger partial charge in [0.1, 0.15) is 11.5 Å². The minimum absolute atomic E-state index is 0.0443. The van der Waals surface area contributed by atoms with Gasteiger partial charge in [0.2, 0.25) is 5.91 Å². The van der Waals surface area contributed by atoms with Crippen LogP contribution in [-0.2, 0) is 10.2 Å². The van der Waals surface area contributed by atoms with Gasteiger partial charge in [-0.3, -0.25) is 4.79 Å². The average molecular weight is 364 g/mol. The lowest BCUT2D eigenvalue weighted by molar-refractivity contribution is -0.116. The molecule has 0 aliphatic carbocycles. The van der Waals surface area contributed by atoms with Crippen LogP contribution in [0.15, 0.2) is 53.9 Å². The number of benzene rings is 2. The first kappa shape index (κ1) is 16.8. The Balaban J connectivity index is 1.69. The zero-order valence-electron chi connectivity index (χ0n) is 14.9. The molecule has 0 fully saturated rings. The van der Waals surface area contributed by atoms with Gasteiger partial charge in [0.05, 0.1) is 11.6 Å². The highest BCUT2D eigenvalue weighted by atomic mass is 32.1. The third kappa shape index (κ3) is 2.99. The number of aromatic nitrogens is 1. The molecule has 4 nitrogen and oxygen atoms in total. The molecule has 1 N–H and O–H groups in total. The Morgan fingerprint density at radius 1 is 1.04 bits per heavy atom. The number of nitrogens with zero attached hydrogens (tertiary/aromatic N) is 1. The van der Waals surface area contributed by atoms with Crippen LogP contribution in [0.1, 0.15) is 43.5 Å². The normalized spacial score (nSPS) is 13.5. The van der Waals surface area contributed by atoms with E-state index in [2.05, 4.69) is 31.1 Å². The van der Waals surface area contributed by atoms with Gasteiger partial charge in [-0.2, -0.15) is 0 Å². The summed E-state index contributed by atoms with van der Waals surface area (Å²) in [7, 11) is 0. The first-order valence-electron chi connectivity index (χ1n) is 8.56. The summed E-state index contributed by atoms with van der Waals surface area (Å²) in [4.78, 5) is 17.7. The van der Waals surface area contributed by atoms with Gasteiger partial charge in [0.15, 0.2) is 5.13 Å². The number of hydrogen-bond acceptors (Lipinski definition) is 4. The molecule has 4 rings (SSSR count). The van der Waals surface area contributed by atoms with Crippen LogP contribution in [0.5, 0.6) is 11.5 Å². The Bertz CT molecular complexity index is 926. The lowest BCUT2D eigenvalue weighted by Gasteiger charge is -2.27. The van der Waals surface area contributed by atoms with Crippen molar-refractivity contribution in [3.05, 3.63) is 70.7 Å². The van der Waals surface area contributed by atoms with Crippen LogP contribution >= 0.6 is 11.3 Å². The molecular formula is C21H20N2O2S. The fraction of sp³-hybridized carbons (Fsp3) is 0.238. The van der Waals surface area contributed by atoms with Crippen molar-refractivity contribution in [1.29, 1.82) is 0 Å². The van der Waals surface area contributed by atoms with E-state index in [0.29, 0.717) is 5.13 Å². The monoisotopic (exact) mass is 364 g/mol. The van der Waals surface area contributed by atoms with Gasteiger partial charge >= 0.3 is 0 Å². The highest BCUT2D eigenvalue weighted by molar-refractivity contribution is 7.14. The molecule has 0 bridgehead atoms. The van der Waals surface area contributed by atoms with Crippen LogP contribution in [-0.4, -0.2) is 10.9 Å². The minimum atomic E-state index is -0.418. The van der Waals surface area contributed by atoms with Crippen molar-refractivity contribution in [3.8, 4) is 11.5 Å². The second-order valence-corrected chi connectivity index (χ2v) is 8.25. The number of para-hydroxylation sites is 2. The van der Waals surface area contributed by atoms with E-state index in [0.717, 1.165) is 28.3 Å². The highest BCUT2D eigenvalue weighted by Crippen LogP contribution is 2.44. The molecule has 3 aromatic rings. The van der Waals surface area contributed by atoms with Crippen molar-refractivity contribution in [1.82, 2.24) is 4.98 Å². The van der Waals surface area contributed by atoms with Crippen molar-refractivity contribution in [3.63, 3.8) is 0 Å². The molecule has 2 heterocycles. The first-order chi connectivity index (χ1) is 12.4. The molecule has 0 radical (unpaired) electrons. The first-order valence-corrected chi connectivity index (χ1v) is 9.44. The van der Waals surface area contributed by atoms with Crippen LogP contribution in [0.2, 0.25) is 0 Å². The molecule has 0 saturated carbocycles. The van der Waals surface area contributed by atoms with E-state index >= 15 is 0 Å². The standard InChI is InChI=1S/C21H20N2O2S/c1-21(2,3)17-12-26-20(22-17)23-19(24)18-13-8-4-6-10-15(13)25-16-11-7-5-9-14(16)18/h4-12,18H,1-3H3,(H,22,23,24). The van der Waals surface area contributed by atoms with E-state index in [4.69, 9.17) is 4.74 Å². The number of carbonyl (C=O) groups is 1. The number of rotatable bonds is 2. The number of ether oxygens (including phenoxy) is 1. The molecule has 0 saturated heterocycles. The summed E-state index contributed by atoms with van der Waals surface area (Å²) in [5, 5.41) is 5.63. The maximum absolute atomic E-state index is 13.2. The molecular weight excluding hydrogens is 344 g/mol. The Morgan fingerprint density at radius 3 is 2.15 bits per heavy atom. The van der Waals surface area contributed by atoms with Crippen molar-refractivity contribution in [2.24, 2.45) is 0 Å².